The molecule has 4 nitrogen and oxygen atoms in total. The highest BCUT2D eigenvalue weighted by Crippen LogP contribution is 2.37. The number of fused-ring (bicyclic) bond motifs is 3. The van der Waals surface area contributed by atoms with Gasteiger partial charge in [0, 0.05) is 11.3 Å². The predicted molar refractivity (Wildman–Crippen MR) is 65.4 cm³/mol. The third kappa shape index (κ3) is 1.74. The fourth-order valence-corrected chi connectivity index (χ4v) is 3.41. The van der Waals surface area contributed by atoms with Crippen LogP contribution < -0.4 is 0 Å². The van der Waals surface area contributed by atoms with Gasteiger partial charge in [-0.05, 0) is 12.5 Å². The second-order valence-corrected chi connectivity index (χ2v) is 5.40. The zero-order valence-electron chi connectivity index (χ0n) is 9.07. The van der Waals surface area contributed by atoms with Gasteiger partial charge in [0.05, 0.1) is 12.0 Å². The molecule has 0 saturated carbocycles. The maximum absolute atomic E-state index is 11.4. The molecule has 0 fully saturated rings. The topological polar surface area (TPSA) is 52.1 Å². The van der Waals surface area contributed by atoms with Gasteiger partial charge in [-0.25, -0.2) is 9.97 Å². The Morgan fingerprint density at radius 2 is 2.41 bits per heavy atom. The second-order valence-electron chi connectivity index (χ2n) is 3.96. The van der Waals surface area contributed by atoms with Crippen LogP contribution in [0.25, 0.3) is 10.2 Å². The van der Waals surface area contributed by atoms with Crippen LogP contribution in [0.2, 0.25) is 5.15 Å². The summed E-state index contributed by atoms with van der Waals surface area (Å²) < 4.78 is 5.50. The van der Waals surface area contributed by atoms with Crippen molar-refractivity contribution in [1.29, 1.82) is 0 Å². The summed E-state index contributed by atoms with van der Waals surface area (Å²) in [5, 5.41) is 1.33. The van der Waals surface area contributed by atoms with Gasteiger partial charge in [0.1, 0.15) is 22.4 Å². The molecule has 1 atom stereocenters. The van der Waals surface area contributed by atoms with E-state index in [0.717, 1.165) is 20.7 Å². The maximum atomic E-state index is 11.4. The maximum Gasteiger partial charge on any atom is 0.158 e. The fraction of sp³-hybridized carbons (Fsp3) is 0.364. The van der Waals surface area contributed by atoms with E-state index < -0.39 is 0 Å². The Labute approximate surface area is 107 Å². The van der Waals surface area contributed by atoms with Gasteiger partial charge in [0.2, 0.25) is 0 Å². The van der Waals surface area contributed by atoms with Crippen LogP contribution in [-0.2, 0) is 22.6 Å². The van der Waals surface area contributed by atoms with Crippen LogP contribution >= 0.6 is 22.9 Å². The Kier molecular flexibility index (Phi) is 2.61. The minimum Gasteiger partial charge on any atom is -0.365 e. The van der Waals surface area contributed by atoms with Crippen LogP contribution in [0.1, 0.15) is 17.4 Å². The summed E-state index contributed by atoms with van der Waals surface area (Å²) in [4.78, 5) is 21.5. The lowest BCUT2D eigenvalue weighted by Crippen LogP contribution is -2.27. The number of carbonyl (C=O) groups is 1. The van der Waals surface area contributed by atoms with E-state index in [1.54, 1.807) is 18.3 Å². The molecule has 0 radical (unpaired) electrons. The number of hydrogen-bond acceptors (Lipinski definition) is 5. The average Bonchev–Trinajstić information content (AvgIpc) is 2.67. The zero-order valence-corrected chi connectivity index (χ0v) is 10.6. The molecule has 0 saturated heterocycles. The lowest BCUT2D eigenvalue weighted by atomic mass is 10.0. The molecule has 1 aliphatic heterocycles. The Hall–Kier alpha value is -1.04. The van der Waals surface area contributed by atoms with Crippen molar-refractivity contribution >= 4 is 38.9 Å². The zero-order chi connectivity index (χ0) is 12.0. The molecule has 3 rings (SSSR count). The van der Waals surface area contributed by atoms with E-state index in [-0.39, 0.29) is 11.9 Å². The van der Waals surface area contributed by atoms with Crippen molar-refractivity contribution in [3.05, 3.63) is 21.9 Å². The Morgan fingerprint density at radius 1 is 1.59 bits per heavy atom. The van der Waals surface area contributed by atoms with Gasteiger partial charge in [-0.3, -0.25) is 4.79 Å². The summed E-state index contributed by atoms with van der Waals surface area (Å²) in [5.74, 6) is 0.0444. The van der Waals surface area contributed by atoms with Gasteiger partial charge in [0.25, 0.3) is 0 Å². The Morgan fingerprint density at radius 3 is 3.18 bits per heavy atom. The van der Waals surface area contributed by atoms with E-state index in [4.69, 9.17) is 16.3 Å². The number of nitrogens with zero attached hydrogens (tertiary/aromatic N) is 2. The SMILES string of the molecule is CC(=O)C1Cc2c(sc3ncnc(Cl)c23)CO1. The number of carbonyl (C=O) groups excluding carboxylic acids is 1. The van der Waals surface area contributed by atoms with Crippen LogP contribution in [0, 0.1) is 0 Å². The number of ketones is 1. The summed E-state index contributed by atoms with van der Waals surface area (Å²) in [5.41, 5.74) is 1.07. The highest BCUT2D eigenvalue weighted by Gasteiger charge is 2.27. The molecule has 0 aromatic carbocycles. The summed E-state index contributed by atoms with van der Waals surface area (Å²) >= 11 is 7.65. The normalized spacial score (nSPS) is 19.3. The van der Waals surface area contributed by atoms with Gasteiger partial charge < -0.3 is 4.74 Å². The van der Waals surface area contributed by atoms with E-state index in [2.05, 4.69) is 9.97 Å². The number of halogens is 1. The van der Waals surface area contributed by atoms with Crippen LogP contribution in [0.3, 0.4) is 0 Å². The van der Waals surface area contributed by atoms with Crippen molar-refractivity contribution < 1.29 is 9.53 Å². The smallest absolute Gasteiger partial charge is 0.158 e. The van der Waals surface area contributed by atoms with E-state index >= 15 is 0 Å². The number of aromatic nitrogens is 2. The second kappa shape index (κ2) is 4.01. The first kappa shape index (κ1) is 11.1. The first-order valence-corrected chi connectivity index (χ1v) is 6.39. The van der Waals surface area contributed by atoms with Gasteiger partial charge in [0.15, 0.2) is 5.78 Å². The third-order valence-corrected chi connectivity index (χ3v) is 4.28. The van der Waals surface area contributed by atoms with Crippen molar-refractivity contribution in [3.8, 4) is 0 Å². The van der Waals surface area contributed by atoms with Gasteiger partial charge in [-0.1, -0.05) is 11.6 Å². The molecule has 0 amide bonds. The molecular weight excluding hydrogens is 260 g/mol. The molecule has 2 aromatic rings. The molecule has 1 aliphatic rings. The summed E-state index contributed by atoms with van der Waals surface area (Å²) in [6, 6.07) is 0. The van der Waals surface area contributed by atoms with Crippen molar-refractivity contribution in [2.24, 2.45) is 0 Å². The molecule has 1 unspecified atom stereocenters. The van der Waals surface area contributed by atoms with Gasteiger partial charge in [-0.15, -0.1) is 11.3 Å². The summed E-state index contributed by atoms with van der Waals surface area (Å²) in [6.45, 7) is 2.00. The highest BCUT2D eigenvalue weighted by molar-refractivity contribution is 7.18. The molecule has 0 spiro atoms. The molecule has 0 bridgehead atoms. The van der Waals surface area contributed by atoms with E-state index in [1.807, 2.05) is 0 Å². The monoisotopic (exact) mass is 268 g/mol. The van der Waals surface area contributed by atoms with Crippen LogP contribution in [0.4, 0.5) is 0 Å². The van der Waals surface area contributed by atoms with Crippen LogP contribution in [0.5, 0.6) is 0 Å². The first-order chi connectivity index (χ1) is 8.16. The fourth-order valence-electron chi connectivity index (χ4n) is 2.01. The van der Waals surface area contributed by atoms with Crippen molar-refractivity contribution in [2.45, 2.75) is 26.1 Å². The summed E-state index contributed by atoms with van der Waals surface area (Å²) in [7, 11) is 0. The molecule has 88 valence electrons. The highest BCUT2D eigenvalue weighted by atomic mass is 35.5. The van der Waals surface area contributed by atoms with Gasteiger partial charge >= 0.3 is 0 Å². The van der Waals surface area contributed by atoms with E-state index in [9.17, 15) is 4.79 Å². The third-order valence-electron chi connectivity index (χ3n) is 2.88. The standard InChI is InChI=1S/C11H9ClN2O2S/c1-5(15)7-2-6-8(3-16-7)17-11-9(6)10(12)13-4-14-11/h4,7H,2-3H2,1H3. The molecule has 0 N–H and O–H groups in total. The molecule has 3 heterocycles. The number of Topliss-reactive ketones (excluding diaryl/α,β-unsaturated/α-hetero) is 1. The van der Waals surface area contributed by atoms with Crippen molar-refractivity contribution in [2.75, 3.05) is 0 Å². The average molecular weight is 269 g/mol. The van der Waals surface area contributed by atoms with E-state index in [0.29, 0.717) is 18.2 Å². The van der Waals surface area contributed by atoms with Crippen LogP contribution in [-0.4, -0.2) is 21.9 Å². The minimum atomic E-state index is -0.364. The van der Waals surface area contributed by atoms with Crippen molar-refractivity contribution in [3.63, 3.8) is 0 Å². The van der Waals surface area contributed by atoms with Gasteiger partial charge in [-0.2, -0.15) is 0 Å². The molecule has 6 heteroatoms. The lowest BCUT2D eigenvalue weighted by molar-refractivity contribution is -0.129. The molecule has 2 aromatic heterocycles. The number of thiophene rings is 1. The van der Waals surface area contributed by atoms with Crippen LogP contribution in [0.15, 0.2) is 6.33 Å². The van der Waals surface area contributed by atoms with E-state index in [1.165, 1.54) is 6.33 Å². The van der Waals surface area contributed by atoms with Crippen molar-refractivity contribution in [1.82, 2.24) is 9.97 Å². The number of hydrogen-bond donors (Lipinski definition) is 0. The predicted octanol–water partition coefficient (Wildman–Crippen LogP) is 2.38. The quantitative estimate of drug-likeness (QED) is 0.745. The summed E-state index contributed by atoms with van der Waals surface area (Å²) in [6.07, 6.45) is 1.66. The minimum absolute atomic E-state index is 0.0444. The molecule has 0 aliphatic carbocycles. The Balaban J connectivity index is 2.17. The number of ether oxygens (including phenoxy) is 1. The number of rotatable bonds is 1. The lowest BCUT2D eigenvalue weighted by Gasteiger charge is -2.20. The largest absolute Gasteiger partial charge is 0.365 e. The first-order valence-electron chi connectivity index (χ1n) is 5.19. The molecule has 17 heavy (non-hydrogen) atoms. The Bertz CT molecular complexity index is 611. The molecular formula is C11H9ClN2O2S.